The van der Waals surface area contributed by atoms with Crippen molar-refractivity contribution in [2.24, 2.45) is 5.73 Å². The minimum atomic E-state index is -0.0422. The highest BCUT2D eigenvalue weighted by atomic mass is 32.1. The molecule has 4 N–H and O–H groups in total. The third-order valence-electron chi connectivity index (χ3n) is 6.34. The van der Waals surface area contributed by atoms with E-state index >= 15 is 0 Å². The Morgan fingerprint density at radius 2 is 2.09 bits per heavy atom. The van der Waals surface area contributed by atoms with Crippen LogP contribution in [-0.2, 0) is 22.5 Å². The molecular weight excluding hydrogens is 446 g/mol. The Bertz CT molecular complexity index is 1320. The van der Waals surface area contributed by atoms with Crippen molar-refractivity contribution in [1.29, 1.82) is 0 Å². The fourth-order valence-electron chi connectivity index (χ4n) is 4.56. The molecular formula is C26H27N5O2S. The van der Waals surface area contributed by atoms with Gasteiger partial charge in [-0.1, -0.05) is 42.5 Å². The highest BCUT2D eigenvalue weighted by molar-refractivity contribution is 7.80. The number of hydrogen-bond donors (Lipinski definition) is 3. The molecule has 34 heavy (non-hydrogen) atoms. The predicted octanol–water partition coefficient (Wildman–Crippen LogP) is 3.88. The molecule has 2 aromatic heterocycles. The lowest BCUT2D eigenvalue weighted by molar-refractivity contribution is -0.120. The van der Waals surface area contributed by atoms with Crippen molar-refractivity contribution in [3.8, 4) is 11.1 Å². The molecule has 5 rings (SSSR count). The topological polar surface area (TPSA) is 98.0 Å². The number of aromatic nitrogens is 3. The van der Waals surface area contributed by atoms with Gasteiger partial charge in [-0.15, -0.1) is 0 Å². The number of fused-ring (bicyclic) bond motifs is 1. The minimum absolute atomic E-state index is 0.0422. The van der Waals surface area contributed by atoms with E-state index in [0.29, 0.717) is 17.6 Å². The first-order valence-electron chi connectivity index (χ1n) is 11.4. The van der Waals surface area contributed by atoms with Crippen LogP contribution in [0.5, 0.6) is 0 Å². The fourth-order valence-corrected chi connectivity index (χ4v) is 4.69. The number of amides is 1. The Labute approximate surface area is 203 Å². The predicted molar refractivity (Wildman–Crippen MR) is 136 cm³/mol. The van der Waals surface area contributed by atoms with Gasteiger partial charge in [0.05, 0.1) is 12.7 Å². The van der Waals surface area contributed by atoms with Crippen LogP contribution in [0.25, 0.3) is 22.0 Å². The molecule has 7 nitrogen and oxygen atoms in total. The van der Waals surface area contributed by atoms with Gasteiger partial charge in [-0.3, -0.25) is 4.79 Å². The maximum atomic E-state index is 12.3. The number of hydrogen-bond acceptors (Lipinski definition) is 4. The van der Waals surface area contributed by atoms with E-state index in [1.54, 1.807) is 12.5 Å². The van der Waals surface area contributed by atoms with E-state index in [1.807, 2.05) is 12.1 Å². The molecule has 0 atom stereocenters. The van der Waals surface area contributed by atoms with Crippen LogP contribution in [0.2, 0.25) is 0 Å². The van der Waals surface area contributed by atoms with E-state index in [1.165, 1.54) is 5.39 Å². The number of nitrogens with zero attached hydrogens (tertiary/aromatic N) is 2. The summed E-state index contributed by atoms with van der Waals surface area (Å²) in [5.74, 6) is -0.0422. The molecule has 1 amide bonds. The number of nitrogens with two attached hydrogens (primary N) is 1. The molecule has 1 saturated heterocycles. The van der Waals surface area contributed by atoms with Crippen molar-refractivity contribution >= 4 is 34.0 Å². The lowest BCUT2D eigenvalue weighted by atomic mass is 10.0. The lowest BCUT2D eigenvalue weighted by Gasteiger charge is -2.24. The van der Waals surface area contributed by atoms with E-state index in [0.717, 1.165) is 59.5 Å². The summed E-state index contributed by atoms with van der Waals surface area (Å²) in [5, 5.41) is 4.18. The summed E-state index contributed by atoms with van der Waals surface area (Å²) in [6.45, 7) is 1.99. The number of rotatable bonds is 7. The third-order valence-corrected chi connectivity index (χ3v) is 6.57. The molecule has 4 aromatic rings. The lowest BCUT2D eigenvalue weighted by Crippen LogP contribution is -2.24. The Morgan fingerprint density at radius 1 is 1.24 bits per heavy atom. The fraction of sp³-hybridized carbons (Fsp3) is 0.269. The summed E-state index contributed by atoms with van der Waals surface area (Å²) in [5.41, 5.74) is 12.0. The molecule has 0 spiro atoms. The minimum Gasteiger partial charge on any atom is -0.389 e. The standard InChI is InChI=1S/C26H27N5O2S/c27-26(34)19-3-1-2-18(11-19)23-15-31(21-6-8-33-9-7-21)24-10-17(4-5-22(23)24)13-29-25(32)12-20-14-28-16-30-20/h1-5,10-11,14-16,21H,6-9,12-13H2,(H2,27,34)(H,28,30)(H,29,32). The van der Waals surface area contributed by atoms with Gasteiger partial charge in [0, 0.05) is 65.9 Å². The molecule has 1 aliphatic rings. The number of thiocarbonyl (C=S) groups is 1. The van der Waals surface area contributed by atoms with Gasteiger partial charge in [0.2, 0.25) is 5.91 Å². The summed E-state index contributed by atoms with van der Waals surface area (Å²) in [4.78, 5) is 19.7. The molecule has 2 aromatic carbocycles. The van der Waals surface area contributed by atoms with Crippen LogP contribution in [0.3, 0.4) is 0 Å². The molecule has 174 valence electrons. The van der Waals surface area contributed by atoms with Gasteiger partial charge in [-0.2, -0.15) is 0 Å². The molecule has 0 radical (unpaired) electrons. The summed E-state index contributed by atoms with van der Waals surface area (Å²) in [7, 11) is 0. The quantitative estimate of drug-likeness (QED) is 0.354. The number of nitrogens with one attached hydrogen (secondary N) is 2. The Kier molecular flexibility index (Phi) is 6.42. The highest BCUT2D eigenvalue weighted by Gasteiger charge is 2.20. The number of benzene rings is 2. The van der Waals surface area contributed by atoms with Crippen LogP contribution in [0.1, 0.15) is 35.7 Å². The Balaban J connectivity index is 1.47. The largest absolute Gasteiger partial charge is 0.389 e. The molecule has 3 heterocycles. The molecule has 8 heteroatoms. The normalized spacial score (nSPS) is 14.4. The van der Waals surface area contributed by atoms with Gasteiger partial charge in [-0.25, -0.2) is 4.98 Å². The first-order valence-corrected chi connectivity index (χ1v) is 11.8. The van der Waals surface area contributed by atoms with Gasteiger partial charge in [-0.05, 0) is 36.1 Å². The molecule has 0 saturated carbocycles. The molecule has 0 bridgehead atoms. The second-order valence-electron chi connectivity index (χ2n) is 8.62. The van der Waals surface area contributed by atoms with E-state index in [2.05, 4.69) is 56.4 Å². The Hall–Kier alpha value is -3.49. The van der Waals surface area contributed by atoms with Crippen LogP contribution in [0, 0.1) is 0 Å². The van der Waals surface area contributed by atoms with Crippen molar-refractivity contribution in [3.05, 3.63) is 78.0 Å². The smallest absolute Gasteiger partial charge is 0.226 e. The van der Waals surface area contributed by atoms with Gasteiger partial charge in [0.1, 0.15) is 4.99 Å². The zero-order valence-electron chi connectivity index (χ0n) is 18.8. The zero-order chi connectivity index (χ0) is 23.5. The van der Waals surface area contributed by atoms with Crippen LogP contribution in [0.15, 0.2) is 61.2 Å². The summed E-state index contributed by atoms with van der Waals surface area (Å²) in [6, 6.07) is 14.8. The van der Waals surface area contributed by atoms with E-state index in [-0.39, 0.29) is 12.3 Å². The maximum absolute atomic E-state index is 12.3. The van der Waals surface area contributed by atoms with Gasteiger partial charge < -0.3 is 25.3 Å². The number of aromatic amines is 1. The second kappa shape index (κ2) is 9.79. The number of carbonyl (C=O) groups excluding carboxylic acids is 1. The average Bonchev–Trinajstić information content (AvgIpc) is 3.51. The molecule has 1 aliphatic heterocycles. The van der Waals surface area contributed by atoms with Crippen LogP contribution >= 0.6 is 12.2 Å². The summed E-state index contributed by atoms with van der Waals surface area (Å²) >= 11 is 5.20. The monoisotopic (exact) mass is 473 g/mol. The van der Waals surface area contributed by atoms with Gasteiger partial charge in [0.15, 0.2) is 0 Å². The van der Waals surface area contributed by atoms with Crippen LogP contribution < -0.4 is 11.1 Å². The van der Waals surface area contributed by atoms with Crippen molar-refractivity contribution in [2.45, 2.75) is 31.8 Å². The van der Waals surface area contributed by atoms with Crippen molar-refractivity contribution < 1.29 is 9.53 Å². The van der Waals surface area contributed by atoms with Crippen molar-refractivity contribution in [1.82, 2.24) is 19.9 Å². The first-order chi connectivity index (χ1) is 16.6. The first kappa shape index (κ1) is 22.3. The highest BCUT2D eigenvalue weighted by Crippen LogP contribution is 2.36. The zero-order valence-corrected chi connectivity index (χ0v) is 19.6. The number of ether oxygens (including phenoxy) is 1. The average molecular weight is 474 g/mol. The Morgan fingerprint density at radius 3 is 2.85 bits per heavy atom. The van der Waals surface area contributed by atoms with Crippen LogP contribution in [0.4, 0.5) is 0 Å². The third kappa shape index (κ3) is 4.73. The SMILES string of the molecule is NC(=S)c1cccc(-c2cn(C3CCOCC3)c3cc(CNC(=O)Cc4cnc[nH]4)ccc23)c1. The summed E-state index contributed by atoms with van der Waals surface area (Å²) in [6.07, 6.45) is 7.71. The molecule has 0 aliphatic carbocycles. The van der Waals surface area contributed by atoms with E-state index in [9.17, 15) is 4.79 Å². The van der Waals surface area contributed by atoms with Gasteiger partial charge >= 0.3 is 0 Å². The summed E-state index contributed by atoms with van der Waals surface area (Å²) < 4.78 is 7.97. The second-order valence-corrected chi connectivity index (χ2v) is 9.06. The van der Waals surface area contributed by atoms with Crippen molar-refractivity contribution in [3.63, 3.8) is 0 Å². The van der Waals surface area contributed by atoms with E-state index < -0.39 is 0 Å². The van der Waals surface area contributed by atoms with Crippen LogP contribution in [-0.4, -0.2) is 38.6 Å². The number of H-pyrrole nitrogens is 1. The number of carbonyl (C=O) groups is 1. The number of imidazole rings is 1. The maximum Gasteiger partial charge on any atom is 0.226 e. The van der Waals surface area contributed by atoms with E-state index in [4.69, 9.17) is 22.7 Å². The van der Waals surface area contributed by atoms with Gasteiger partial charge in [0.25, 0.3) is 0 Å². The molecule has 0 unspecified atom stereocenters. The molecule has 1 fully saturated rings. The van der Waals surface area contributed by atoms with Crippen molar-refractivity contribution in [2.75, 3.05) is 13.2 Å².